The molecule has 0 amide bonds. The van der Waals surface area contributed by atoms with E-state index >= 15 is 0 Å². The zero-order chi connectivity index (χ0) is 14.2. The van der Waals surface area contributed by atoms with Crippen LogP contribution in [0.5, 0.6) is 0 Å². The number of nitrogen functional groups attached to an aromatic ring is 1. The predicted molar refractivity (Wildman–Crippen MR) is 84.1 cm³/mol. The fraction of sp³-hybridized carbons (Fsp3) is 0.364. The second kappa shape index (κ2) is 5.25. The summed E-state index contributed by atoms with van der Waals surface area (Å²) in [6.45, 7) is 4.37. The van der Waals surface area contributed by atoms with E-state index in [1.807, 2.05) is 6.07 Å². The van der Waals surface area contributed by atoms with Gasteiger partial charge in [0.1, 0.15) is 0 Å². The Labute approximate surface area is 125 Å². The molecule has 0 bridgehead atoms. The molecule has 0 atom stereocenters. The van der Waals surface area contributed by atoms with E-state index in [2.05, 4.69) is 27.6 Å². The van der Waals surface area contributed by atoms with E-state index in [4.69, 9.17) is 5.73 Å². The minimum absolute atomic E-state index is 0.0103. The number of benzene rings is 1. The molecule has 1 aromatic heterocycles. The Morgan fingerprint density at radius 1 is 1.37 bits per heavy atom. The molecule has 1 heterocycles. The van der Waals surface area contributed by atoms with E-state index in [1.54, 1.807) is 26.0 Å². The van der Waals surface area contributed by atoms with Gasteiger partial charge in [0.2, 0.25) is 5.95 Å². The fourth-order valence-electron chi connectivity index (χ4n) is 1.95. The Hall–Kier alpha value is -0.870. The van der Waals surface area contributed by atoms with Gasteiger partial charge in [0.25, 0.3) is 0 Å². The van der Waals surface area contributed by atoms with Gasteiger partial charge in [0.15, 0.2) is 0 Å². The van der Waals surface area contributed by atoms with E-state index < -0.39 is 10.2 Å². The molecular weight excluding hydrogens is 379 g/mol. The maximum absolute atomic E-state index is 12.6. The molecule has 2 rings (SSSR count). The van der Waals surface area contributed by atoms with Gasteiger partial charge in [-0.3, -0.25) is 0 Å². The zero-order valence-corrected chi connectivity index (χ0v) is 13.6. The van der Waals surface area contributed by atoms with E-state index in [9.17, 15) is 8.42 Å². The summed E-state index contributed by atoms with van der Waals surface area (Å²) in [5.74, 6) is -0.0103. The third-order valence-electron chi connectivity index (χ3n) is 2.86. The molecule has 0 aliphatic heterocycles. The molecule has 0 fully saturated rings. The molecule has 0 aliphatic rings. The Balaban J connectivity index is 2.75. The third-order valence-corrected chi connectivity index (χ3v) is 5.55. The first kappa shape index (κ1) is 14.5. The summed E-state index contributed by atoms with van der Waals surface area (Å²) < 4.78 is 28.5. The standard InChI is InChI=1S/C11H15IN4O2S/c1-3-15(4-2)19(17,18)16-10-7-8(12)5-6-9(10)14-11(16)13/h5-7H,3-4H2,1-2H3,(H2,13,14). The average molecular weight is 394 g/mol. The number of aromatic nitrogens is 2. The van der Waals surface area contributed by atoms with Crippen LogP contribution in [-0.4, -0.2) is 34.8 Å². The van der Waals surface area contributed by atoms with Crippen molar-refractivity contribution in [2.75, 3.05) is 18.8 Å². The third kappa shape index (κ3) is 2.43. The lowest BCUT2D eigenvalue weighted by Gasteiger charge is -2.19. The van der Waals surface area contributed by atoms with E-state index in [0.717, 1.165) is 7.54 Å². The van der Waals surface area contributed by atoms with Crippen LogP contribution in [0.25, 0.3) is 11.0 Å². The second-order valence-corrected chi connectivity index (χ2v) is 6.98. The summed E-state index contributed by atoms with van der Waals surface area (Å²) in [6.07, 6.45) is 0. The number of halogens is 1. The lowest BCUT2D eigenvalue weighted by atomic mass is 10.3. The smallest absolute Gasteiger partial charge is 0.310 e. The van der Waals surface area contributed by atoms with Gasteiger partial charge in [-0.1, -0.05) is 13.8 Å². The first-order valence-corrected chi connectivity index (χ1v) is 8.33. The molecule has 0 saturated carbocycles. The SMILES string of the molecule is CCN(CC)S(=O)(=O)n1c(N)nc2ccc(I)cc21. The van der Waals surface area contributed by atoms with Gasteiger partial charge < -0.3 is 5.73 Å². The van der Waals surface area contributed by atoms with Crippen LogP contribution in [0.4, 0.5) is 5.95 Å². The lowest BCUT2D eigenvalue weighted by molar-refractivity contribution is 0.439. The first-order chi connectivity index (χ1) is 8.91. The quantitative estimate of drug-likeness (QED) is 0.800. The van der Waals surface area contributed by atoms with Gasteiger partial charge >= 0.3 is 10.2 Å². The van der Waals surface area contributed by atoms with Crippen LogP contribution in [-0.2, 0) is 10.2 Å². The van der Waals surface area contributed by atoms with Crippen LogP contribution < -0.4 is 5.73 Å². The Bertz CT molecular complexity index is 707. The summed E-state index contributed by atoms with van der Waals surface area (Å²) in [7, 11) is -3.67. The van der Waals surface area contributed by atoms with Crippen molar-refractivity contribution in [1.82, 2.24) is 13.3 Å². The first-order valence-electron chi connectivity index (χ1n) is 5.86. The van der Waals surface area contributed by atoms with Crippen LogP contribution >= 0.6 is 22.6 Å². The average Bonchev–Trinajstić information content (AvgIpc) is 2.66. The van der Waals surface area contributed by atoms with E-state index in [1.165, 1.54) is 4.31 Å². The zero-order valence-electron chi connectivity index (χ0n) is 10.7. The highest BCUT2D eigenvalue weighted by atomic mass is 127. The molecule has 2 aromatic rings. The number of imidazole rings is 1. The number of rotatable bonds is 4. The Kier molecular flexibility index (Phi) is 4.02. The van der Waals surface area contributed by atoms with Crippen LogP contribution in [0.1, 0.15) is 13.8 Å². The lowest BCUT2D eigenvalue weighted by Crippen LogP contribution is -2.35. The summed E-state index contributed by atoms with van der Waals surface area (Å²) in [5, 5.41) is 0. The van der Waals surface area contributed by atoms with Crippen molar-refractivity contribution in [3.8, 4) is 0 Å². The molecule has 2 N–H and O–H groups in total. The van der Waals surface area contributed by atoms with Crippen LogP contribution in [0.3, 0.4) is 0 Å². The molecule has 0 aliphatic carbocycles. The van der Waals surface area contributed by atoms with Gasteiger partial charge in [-0.15, -0.1) is 0 Å². The number of nitrogens with two attached hydrogens (primary N) is 1. The van der Waals surface area contributed by atoms with Gasteiger partial charge in [0.05, 0.1) is 11.0 Å². The molecule has 6 nitrogen and oxygen atoms in total. The number of anilines is 1. The van der Waals surface area contributed by atoms with Crippen LogP contribution in [0.2, 0.25) is 0 Å². The molecule has 0 saturated heterocycles. The highest BCUT2D eigenvalue weighted by molar-refractivity contribution is 14.1. The topological polar surface area (TPSA) is 81.2 Å². The van der Waals surface area contributed by atoms with Crippen molar-refractivity contribution in [3.63, 3.8) is 0 Å². The minimum atomic E-state index is -3.67. The molecular formula is C11H15IN4O2S. The van der Waals surface area contributed by atoms with Gasteiger partial charge in [-0.25, -0.2) is 4.98 Å². The molecule has 0 unspecified atom stereocenters. The minimum Gasteiger partial charge on any atom is -0.368 e. The largest absolute Gasteiger partial charge is 0.368 e. The van der Waals surface area contributed by atoms with Crippen molar-refractivity contribution in [2.45, 2.75) is 13.8 Å². The maximum Gasteiger partial charge on any atom is 0.310 e. The summed E-state index contributed by atoms with van der Waals surface area (Å²) in [6, 6.07) is 5.39. The number of nitrogens with zero attached hydrogens (tertiary/aromatic N) is 3. The van der Waals surface area contributed by atoms with Crippen molar-refractivity contribution < 1.29 is 8.42 Å². The molecule has 19 heavy (non-hydrogen) atoms. The normalized spacial score (nSPS) is 12.4. The predicted octanol–water partition coefficient (Wildman–Crippen LogP) is 1.66. The maximum atomic E-state index is 12.6. The van der Waals surface area contributed by atoms with Crippen LogP contribution in [0, 0.1) is 3.57 Å². The molecule has 1 aromatic carbocycles. The monoisotopic (exact) mass is 394 g/mol. The fourth-order valence-corrected chi connectivity index (χ4v) is 3.98. The van der Waals surface area contributed by atoms with Crippen molar-refractivity contribution in [3.05, 3.63) is 21.8 Å². The number of hydrogen-bond acceptors (Lipinski definition) is 4. The highest BCUT2D eigenvalue weighted by Crippen LogP contribution is 2.23. The molecule has 104 valence electrons. The van der Waals surface area contributed by atoms with Crippen LogP contribution in [0.15, 0.2) is 18.2 Å². The molecule has 0 spiro atoms. The summed E-state index contributed by atoms with van der Waals surface area (Å²) in [4.78, 5) is 4.10. The van der Waals surface area contributed by atoms with Crippen molar-refractivity contribution >= 4 is 49.8 Å². The Morgan fingerprint density at radius 3 is 2.58 bits per heavy atom. The highest BCUT2D eigenvalue weighted by Gasteiger charge is 2.26. The molecule has 8 heteroatoms. The second-order valence-electron chi connectivity index (χ2n) is 3.96. The van der Waals surface area contributed by atoms with Gasteiger partial charge in [-0.05, 0) is 40.8 Å². The Morgan fingerprint density at radius 2 is 2.00 bits per heavy atom. The van der Waals surface area contributed by atoms with Gasteiger partial charge in [-0.2, -0.15) is 16.7 Å². The van der Waals surface area contributed by atoms with Gasteiger partial charge in [0, 0.05) is 16.7 Å². The van der Waals surface area contributed by atoms with E-state index in [0.29, 0.717) is 24.1 Å². The summed E-state index contributed by atoms with van der Waals surface area (Å²) in [5.41, 5.74) is 6.87. The van der Waals surface area contributed by atoms with E-state index in [-0.39, 0.29) is 5.95 Å². The van der Waals surface area contributed by atoms with Crippen molar-refractivity contribution in [1.29, 1.82) is 0 Å². The molecule has 0 radical (unpaired) electrons. The number of fused-ring (bicyclic) bond motifs is 1. The number of hydrogen-bond donors (Lipinski definition) is 1. The summed E-state index contributed by atoms with van der Waals surface area (Å²) >= 11 is 2.13. The van der Waals surface area contributed by atoms with Crippen molar-refractivity contribution in [2.24, 2.45) is 0 Å².